The van der Waals surface area contributed by atoms with Gasteiger partial charge in [-0.15, -0.1) is 0 Å². The molecule has 2 atom stereocenters. The molecule has 1 aromatic rings. The molecule has 1 aliphatic heterocycles. The zero-order valence-corrected chi connectivity index (χ0v) is 9.38. The van der Waals surface area contributed by atoms with Gasteiger partial charge in [0.05, 0.1) is 5.69 Å². The average molecular weight is 222 g/mol. The molecular weight excluding hydrogens is 207 g/mol. The van der Waals surface area contributed by atoms with Crippen molar-refractivity contribution in [3.05, 3.63) is 24.0 Å². The summed E-state index contributed by atoms with van der Waals surface area (Å²) in [4.78, 5) is 11.8. The number of halogens is 1. The van der Waals surface area contributed by atoms with Crippen LogP contribution in [0.15, 0.2) is 18.2 Å². The first kappa shape index (κ1) is 10.9. The Hall–Kier alpha value is -1.58. The lowest BCUT2D eigenvalue weighted by atomic mass is 9.96. The number of hydrogen-bond donors (Lipinski definition) is 2. The summed E-state index contributed by atoms with van der Waals surface area (Å²) in [6, 6.07) is 4.46. The Morgan fingerprint density at radius 3 is 2.94 bits per heavy atom. The first-order valence-corrected chi connectivity index (χ1v) is 5.49. The van der Waals surface area contributed by atoms with Crippen molar-refractivity contribution in [2.45, 2.75) is 26.3 Å². The first-order valence-electron chi connectivity index (χ1n) is 5.49. The van der Waals surface area contributed by atoms with E-state index in [2.05, 4.69) is 10.6 Å². The molecule has 0 aromatic heterocycles. The molecule has 0 bridgehead atoms. The SMILES string of the molecule is CCC(C)[C@@H]1Nc2cccc(F)c2NC1=O. The van der Waals surface area contributed by atoms with Crippen LogP contribution in [-0.4, -0.2) is 11.9 Å². The second-order valence-electron chi connectivity index (χ2n) is 4.16. The lowest BCUT2D eigenvalue weighted by molar-refractivity contribution is -0.118. The van der Waals surface area contributed by atoms with E-state index in [1.807, 2.05) is 13.8 Å². The van der Waals surface area contributed by atoms with E-state index in [1.165, 1.54) is 6.07 Å². The Morgan fingerprint density at radius 2 is 2.25 bits per heavy atom. The van der Waals surface area contributed by atoms with E-state index < -0.39 is 5.82 Å². The number of fused-ring (bicyclic) bond motifs is 1. The molecule has 16 heavy (non-hydrogen) atoms. The summed E-state index contributed by atoms with van der Waals surface area (Å²) in [7, 11) is 0. The van der Waals surface area contributed by atoms with Crippen LogP contribution in [0, 0.1) is 11.7 Å². The number of carbonyl (C=O) groups excluding carboxylic acids is 1. The Morgan fingerprint density at radius 1 is 1.50 bits per heavy atom. The van der Waals surface area contributed by atoms with Gasteiger partial charge in [-0.05, 0) is 18.1 Å². The Bertz CT molecular complexity index is 419. The lowest BCUT2D eigenvalue weighted by Crippen LogP contribution is -2.43. The summed E-state index contributed by atoms with van der Waals surface area (Å²) >= 11 is 0. The molecule has 0 aliphatic carbocycles. The third kappa shape index (κ3) is 1.75. The number of hydrogen-bond acceptors (Lipinski definition) is 2. The zero-order chi connectivity index (χ0) is 11.7. The van der Waals surface area contributed by atoms with Crippen molar-refractivity contribution >= 4 is 17.3 Å². The number of para-hydroxylation sites is 1. The summed E-state index contributed by atoms with van der Waals surface area (Å²) in [6.07, 6.45) is 0.899. The fourth-order valence-electron chi connectivity index (χ4n) is 1.84. The number of anilines is 2. The molecular formula is C12H15FN2O. The predicted octanol–water partition coefficient (Wildman–Crippen LogP) is 2.60. The van der Waals surface area contributed by atoms with Crippen LogP contribution in [0.1, 0.15) is 20.3 Å². The summed E-state index contributed by atoms with van der Waals surface area (Å²) < 4.78 is 13.4. The normalized spacial score (nSPS) is 20.7. The Balaban J connectivity index is 2.32. The highest BCUT2D eigenvalue weighted by Gasteiger charge is 2.30. The van der Waals surface area contributed by atoms with Gasteiger partial charge in [0.15, 0.2) is 0 Å². The molecule has 0 saturated heterocycles. The van der Waals surface area contributed by atoms with Crippen LogP contribution in [0.25, 0.3) is 0 Å². The molecule has 1 aliphatic rings. The fraction of sp³-hybridized carbons (Fsp3) is 0.417. The molecule has 0 saturated carbocycles. The van der Waals surface area contributed by atoms with Gasteiger partial charge in [0.1, 0.15) is 17.5 Å². The maximum Gasteiger partial charge on any atom is 0.247 e. The zero-order valence-electron chi connectivity index (χ0n) is 9.38. The molecule has 1 heterocycles. The van der Waals surface area contributed by atoms with Crippen molar-refractivity contribution in [2.24, 2.45) is 5.92 Å². The van der Waals surface area contributed by atoms with E-state index >= 15 is 0 Å². The van der Waals surface area contributed by atoms with Gasteiger partial charge in [0.2, 0.25) is 5.91 Å². The van der Waals surface area contributed by atoms with Crippen LogP contribution < -0.4 is 10.6 Å². The number of carbonyl (C=O) groups is 1. The maximum atomic E-state index is 13.4. The monoisotopic (exact) mass is 222 g/mol. The number of amides is 1. The molecule has 1 unspecified atom stereocenters. The largest absolute Gasteiger partial charge is 0.372 e. The molecule has 0 radical (unpaired) electrons. The van der Waals surface area contributed by atoms with Crippen LogP contribution in [0.4, 0.5) is 15.8 Å². The van der Waals surface area contributed by atoms with Gasteiger partial charge in [-0.3, -0.25) is 4.79 Å². The van der Waals surface area contributed by atoms with Crippen molar-refractivity contribution in [3.63, 3.8) is 0 Å². The lowest BCUT2D eigenvalue weighted by Gasteiger charge is -2.30. The van der Waals surface area contributed by atoms with Crippen molar-refractivity contribution in [1.29, 1.82) is 0 Å². The molecule has 1 aromatic carbocycles. The van der Waals surface area contributed by atoms with E-state index in [4.69, 9.17) is 0 Å². The van der Waals surface area contributed by atoms with Crippen LogP contribution >= 0.6 is 0 Å². The average Bonchev–Trinajstić information content (AvgIpc) is 2.29. The molecule has 86 valence electrons. The highest BCUT2D eigenvalue weighted by Crippen LogP contribution is 2.31. The van der Waals surface area contributed by atoms with Gasteiger partial charge in [0, 0.05) is 0 Å². The minimum atomic E-state index is -0.402. The predicted molar refractivity (Wildman–Crippen MR) is 61.9 cm³/mol. The van der Waals surface area contributed by atoms with Crippen LogP contribution in [0.2, 0.25) is 0 Å². The topological polar surface area (TPSA) is 41.1 Å². The quantitative estimate of drug-likeness (QED) is 0.807. The maximum absolute atomic E-state index is 13.4. The highest BCUT2D eigenvalue weighted by atomic mass is 19.1. The molecule has 2 N–H and O–H groups in total. The van der Waals surface area contributed by atoms with Gasteiger partial charge < -0.3 is 10.6 Å². The third-order valence-corrected chi connectivity index (χ3v) is 3.07. The van der Waals surface area contributed by atoms with Gasteiger partial charge in [0.25, 0.3) is 0 Å². The first-order chi connectivity index (χ1) is 7.63. The molecule has 4 heteroatoms. The van der Waals surface area contributed by atoms with Gasteiger partial charge in [-0.25, -0.2) is 4.39 Å². The second kappa shape index (κ2) is 4.12. The number of nitrogens with one attached hydrogen (secondary N) is 2. The molecule has 1 amide bonds. The van der Waals surface area contributed by atoms with E-state index in [9.17, 15) is 9.18 Å². The summed E-state index contributed by atoms with van der Waals surface area (Å²) in [5, 5.41) is 5.70. The van der Waals surface area contributed by atoms with Gasteiger partial charge in [-0.2, -0.15) is 0 Å². The number of rotatable bonds is 2. The van der Waals surface area contributed by atoms with Crippen LogP contribution in [-0.2, 0) is 4.79 Å². The van der Waals surface area contributed by atoms with Crippen molar-refractivity contribution in [1.82, 2.24) is 0 Å². The summed E-state index contributed by atoms with van der Waals surface area (Å²) in [5.41, 5.74) is 0.914. The molecule has 2 rings (SSSR count). The minimum Gasteiger partial charge on any atom is -0.372 e. The van der Waals surface area contributed by atoms with Crippen LogP contribution in [0.3, 0.4) is 0 Å². The highest BCUT2D eigenvalue weighted by molar-refractivity contribution is 6.03. The second-order valence-corrected chi connectivity index (χ2v) is 4.16. The van der Waals surface area contributed by atoms with Gasteiger partial charge in [-0.1, -0.05) is 26.3 Å². The Labute approximate surface area is 94.0 Å². The smallest absolute Gasteiger partial charge is 0.247 e. The van der Waals surface area contributed by atoms with E-state index in [1.54, 1.807) is 12.1 Å². The molecule has 3 nitrogen and oxygen atoms in total. The minimum absolute atomic E-state index is 0.160. The third-order valence-electron chi connectivity index (χ3n) is 3.07. The summed E-state index contributed by atoms with van der Waals surface area (Å²) in [6.45, 7) is 4.03. The fourth-order valence-corrected chi connectivity index (χ4v) is 1.84. The van der Waals surface area contributed by atoms with E-state index in [0.29, 0.717) is 5.69 Å². The van der Waals surface area contributed by atoms with Crippen molar-refractivity contribution in [2.75, 3.05) is 10.6 Å². The van der Waals surface area contributed by atoms with Crippen LogP contribution in [0.5, 0.6) is 0 Å². The van der Waals surface area contributed by atoms with Crippen molar-refractivity contribution in [3.8, 4) is 0 Å². The van der Waals surface area contributed by atoms with E-state index in [0.717, 1.165) is 6.42 Å². The number of benzene rings is 1. The Kier molecular flexibility index (Phi) is 2.81. The van der Waals surface area contributed by atoms with Gasteiger partial charge >= 0.3 is 0 Å². The summed E-state index contributed by atoms with van der Waals surface area (Å²) in [5.74, 6) is -0.343. The molecule has 0 spiro atoms. The van der Waals surface area contributed by atoms with Crippen molar-refractivity contribution < 1.29 is 9.18 Å². The van der Waals surface area contributed by atoms with E-state index in [-0.39, 0.29) is 23.6 Å². The molecule has 0 fully saturated rings. The standard InChI is InChI=1S/C12H15FN2O/c1-3-7(2)10-12(16)15-11-8(13)5-4-6-9(11)14-10/h4-7,10,14H,3H2,1-2H3,(H,15,16)/t7?,10-/m0/s1.